The molecule has 0 radical (unpaired) electrons. The lowest BCUT2D eigenvalue weighted by Gasteiger charge is -2.31. The summed E-state index contributed by atoms with van der Waals surface area (Å²) in [5, 5.41) is 0. The maximum absolute atomic E-state index is 11.9. The predicted octanol–water partition coefficient (Wildman–Crippen LogP) is 2.64. The van der Waals surface area contributed by atoms with E-state index >= 15 is 0 Å². The number of carbonyl (C=O) groups excluding carboxylic acids is 1. The van der Waals surface area contributed by atoms with Crippen LogP contribution in [0.5, 0.6) is 0 Å². The second kappa shape index (κ2) is 5.70. The Balaban J connectivity index is 1.89. The number of nitrogens with zero attached hydrogens (tertiary/aromatic N) is 1. The Morgan fingerprint density at radius 1 is 1.33 bits per heavy atom. The van der Waals surface area contributed by atoms with Crippen molar-refractivity contribution in [3.05, 3.63) is 0 Å². The van der Waals surface area contributed by atoms with Gasteiger partial charge in [0.1, 0.15) is 5.78 Å². The number of ketones is 1. The second-order valence-corrected chi connectivity index (χ2v) is 6.42. The molecule has 1 saturated carbocycles. The van der Waals surface area contributed by atoms with Crippen LogP contribution >= 0.6 is 0 Å². The molecule has 1 heterocycles. The lowest BCUT2D eigenvalue weighted by atomic mass is 9.94. The van der Waals surface area contributed by atoms with E-state index in [0.29, 0.717) is 17.7 Å². The van der Waals surface area contributed by atoms with Crippen molar-refractivity contribution in [1.29, 1.82) is 0 Å². The lowest BCUT2D eigenvalue weighted by molar-refractivity contribution is -0.122. The first-order chi connectivity index (χ1) is 8.53. The van der Waals surface area contributed by atoms with Gasteiger partial charge >= 0.3 is 0 Å². The summed E-state index contributed by atoms with van der Waals surface area (Å²) in [6.45, 7) is 6.50. The zero-order valence-electron chi connectivity index (χ0n) is 12.1. The third-order valence-electron chi connectivity index (χ3n) is 4.78. The molecule has 3 heteroatoms. The van der Waals surface area contributed by atoms with Gasteiger partial charge in [-0.15, -0.1) is 0 Å². The summed E-state index contributed by atoms with van der Waals surface area (Å²) < 4.78 is 5.49. The molecule has 0 bridgehead atoms. The number of Topliss-reactive ketones (excluding diaryl/α,β-unsaturated/α-hetero) is 1. The number of hydrogen-bond acceptors (Lipinski definition) is 3. The molecule has 1 aliphatic heterocycles. The highest BCUT2D eigenvalue weighted by Gasteiger charge is 2.38. The Kier molecular flexibility index (Phi) is 4.44. The summed E-state index contributed by atoms with van der Waals surface area (Å²) in [5.41, 5.74) is -0.0488. The van der Waals surface area contributed by atoms with Gasteiger partial charge in [0.15, 0.2) is 0 Å². The smallest absolute Gasteiger partial charge is 0.137 e. The Bertz CT molecular complexity index is 301. The average molecular weight is 253 g/mol. The van der Waals surface area contributed by atoms with E-state index in [9.17, 15) is 4.79 Å². The number of ether oxygens (including phenoxy) is 1. The van der Waals surface area contributed by atoms with E-state index in [1.807, 2.05) is 0 Å². The maximum atomic E-state index is 11.9. The van der Waals surface area contributed by atoms with E-state index in [1.165, 1.54) is 12.8 Å². The van der Waals surface area contributed by atoms with Crippen LogP contribution in [0.4, 0.5) is 0 Å². The van der Waals surface area contributed by atoms with Gasteiger partial charge in [-0.25, -0.2) is 0 Å². The molecule has 2 aliphatic rings. The average Bonchev–Trinajstić information content (AvgIpc) is 2.94. The Morgan fingerprint density at radius 2 is 2.11 bits per heavy atom. The fourth-order valence-electron chi connectivity index (χ4n) is 3.35. The van der Waals surface area contributed by atoms with Gasteiger partial charge in [-0.1, -0.05) is 0 Å². The summed E-state index contributed by atoms with van der Waals surface area (Å²) in [4.78, 5) is 14.4. The van der Waals surface area contributed by atoms with Crippen molar-refractivity contribution in [3.63, 3.8) is 0 Å². The molecule has 18 heavy (non-hydrogen) atoms. The Hall–Kier alpha value is -0.410. The minimum atomic E-state index is -0.0488. The first-order valence-electron chi connectivity index (χ1n) is 7.35. The minimum Gasteiger partial charge on any atom is -0.379 e. The van der Waals surface area contributed by atoms with Crippen LogP contribution in [-0.2, 0) is 9.53 Å². The van der Waals surface area contributed by atoms with E-state index in [0.717, 1.165) is 38.8 Å². The molecule has 104 valence electrons. The SMILES string of the molecule is COC(C)(C)CCN1CCCC1C1CCCC1=O. The Labute approximate surface area is 111 Å². The molecule has 1 aliphatic carbocycles. The van der Waals surface area contributed by atoms with Crippen molar-refractivity contribution in [2.45, 2.75) is 64.0 Å². The second-order valence-electron chi connectivity index (χ2n) is 6.42. The molecule has 0 aromatic rings. The summed E-state index contributed by atoms with van der Waals surface area (Å²) >= 11 is 0. The van der Waals surface area contributed by atoms with Gasteiger partial charge in [0.05, 0.1) is 5.60 Å². The van der Waals surface area contributed by atoms with Gasteiger partial charge in [-0.3, -0.25) is 9.69 Å². The molecule has 0 aromatic carbocycles. The van der Waals surface area contributed by atoms with Crippen LogP contribution in [0.2, 0.25) is 0 Å². The molecular weight excluding hydrogens is 226 g/mol. The first kappa shape index (κ1) is 14.0. The largest absolute Gasteiger partial charge is 0.379 e. The molecule has 1 saturated heterocycles. The topological polar surface area (TPSA) is 29.5 Å². The van der Waals surface area contributed by atoms with Crippen LogP contribution < -0.4 is 0 Å². The van der Waals surface area contributed by atoms with E-state index < -0.39 is 0 Å². The highest BCUT2D eigenvalue weighted by molar-refractivity contribution is 5.83. The van der Waals surface area contributed by atoms with Crippen molar-refractivity contribution < 1.29 is 9.53 Å². The van der Waals surface area contributed by atoms with Gasteiger partial charge < -0.3 is 4.74 Å². The van der Waals surface area contributed by atoms with Gasteiger partial charge in [-0.2, -0.15) is 0 Å². The summed E-state index contributed by atoms with van der Waals surface area (Å²) in [7, 11) is 1.78. The monoisotopic (exact) mass is 253 g/mol. The van der Waals surface area contributed by atoms with Gasteiger partial charge in [0.25, 0.3) is 0 Å². The van der Waals surface area contributed by atoms with Crippen molar-refractivity contribution >= 4 is 5.78 Å². The van der Waals surface area contributed by atoms with Crippen LogP contribution in [-0.4, -0.2) is 42.5 Å². The normalized spacial score (nSPS) is 30.3. The maximum Gasteiger partial charge on any atom is 0.137 e. The minimum absolute atomic E-state index is 0.0488. The summed E-state index contributed by atoms with van der Waals surface area (Å²) in [6, 6.07) is 0.521. The molecule has 0 N–H and O–H groups in total. The third-order valence-corrected chi connectivity index (χ3v) is 4.78. The van der Waals surface area contributed by atoms with E-state index in [1.54, 1.807) is 7.11 Å². The summed E-state index contributed by atoms with van der Waals surface area (Å²) in [5.74, 6) is 0.844. The zero-order valence-corrected chi connectivity index (χ0v) is 12.1. The predicted molar refractivity (Wildman–Crippen MR) is 72.6 cm³/mol. The van der Waals surface area contributed by atoms with Crippen molar-refractivity contribution in [2.24, 2.45) is 5.92 Å². The highest BCUT2D eigenvalue weighted by atomic mass is 16.5. The van der Waals surface area contributed by atoms with Crippen LogP contribution in [0.1, 0.15) is 52.4 Å². The molecule has 0 spiro atoms. The fraction of sp³-hybridized carbons (Fsp3) is 0.933. The molecule has 0 aromatic heterocycles. The fourth-order valence-corrected chi connectivity index (χ4v) is 3.35. The van der Waals surface area contributed by atoms with E-state index in [2.05, 4.69) is 18.7 Å². The Morgan fingerprint density at radius 3 is 2.72 bits per heavy atom. The first-order valence-corrected chi connectivity index (χ1v) is 7.35. The highest BCUT2D eigenvalue weighted by Crippen LogP contribution is 2.33. The number of methoxy groups -OCH3 is 1. The van der Waals surface area contributed by atoms with Gasteiger partial charge in [0.2, 0.25) is 0 Å². The standard InChI is InChI=1S/C15H27NO2/c1-15(2,18-3)9-11-16-10-5-7-13(16)12-6-4-8-14(12)17/h12-13H,4-11H2,1-3H3. The number of hydrogen-bond donors (Lipinski definition) is 0. The van der Waals surface area contributed by atoms with Crippen LogP contribution in [0.15, 0.2) is 0 Å². The quantitative estimate of drug-likeness (QED) is 0.754. The molecule has 2 atom stereocenters. The van der Waals surface area contributed by atoms with E-state index in [-0.39, 0.29) is 5.60 Å². The van der Waals surface area contributed by atoms with Gasteiger partial charge in [0, 0.05) is 32.0 Å². The van der Waals surface area contributed by atoms with Crippen LogP contribution in [0.25, 0.3) is 0 Å². The van der Waals surface area contributed by atoms with Gasteiger partial charge in [-0.05, 0) is 52.5 Å². The number of carbonyl (C=O) groups is 1. The molecule has 2 unspecified atom stereocenters. The summed E-state index contributed by atoms with van der Waals surface area (Å²) in [6.07, 6.45) is 6.55. The molecular formula is C15H27NO2. The molecule has 0 amide bonds. The zero-order chi connectivity index (χ0) is 13.2. The number of likely N-dealkylation sites (tertiary alicyclic amines) is 1. The number of rotatable bonds is 5. The van der Waals surface area contributed by atoms with Crippen molar-refractivity contribution in [1.82, 2.24) is 4.90 Å². The molecule has 2 rings (SSSR count). The van der Waals surface area contributed by atoms with Crippen molar-refractivity contribution in [3.8, 4) is 0 Å². The third kappa shape index (κ3) is 3.12. The van der Waals surface area contributed by atoms with Crippen LogP contribution in [0, 0.1) is 5.92 Å². The molecule has 2 fully saturated rings. The lowest BCUT2D eigenvalue weighted by Crippen LogP contribution is -2.40. The van der Waals surface area contributed by atoms with Crippen LogP contribution in [0.3, 0.4) is 0 Å². The molecule has 3 nitrogen and oxygen atoms in total. The van der Waals surface area contributed by atoms with E-state index in [4.69, 9.17) is 4.74 Å². The van der Waals surface area contributed by atoms with Crippen molar-refractivity contribution in [2.75, 3.05) is 20.2 Å².